The Hall–Kier alpha value is -1.57. The molecule has 0 fully saturated rings. The van der Waals surface area contributed by atoms with Crippen LogP contribution in [-0.4, -0.2) is 20.9 Å². The number of carbonyl (C=O) groups excluding carboxylic acids is 1. The van der Waals surface area contributed by atoms with E-state index in [9.17, 15) is 4.79 Å². The first-order valence-electron chi connectivity index (χ1n) is 5.30. The minimum absolute atomic E-state index is 0.0534. The molecule has 3 heteroatoms. The Bertz CT molecular complexity index is 511. The summed E-state index contributed by atoms with van der Waals surface area (Å²) in [6.07, 6.45) is 0. The third-order valence-corrected chi connectivity index (χ3v) is 4.06. The molecule has 0 bridgehead atoms. The fourth-order valence-electron chi connectivity index (χ4n) is 1.53. The van der Waals surface area contributed by atoms with E-state index in [2.05, 4.69) is 17.2 Å². The molecule has 0 unspecified atom stereocenters. The van der Waals surface area contributed by atoms with E-state index in [1.54, 1.807) is 0 Å². The first-order valence-corrected chi connectivity index (χ1v) is 7.87. The first-order chi connectivity index (χ1) is 8.31. The molecule has 0 spiro atoms. The van der Waals surface area contributed by atoms with Crippen LogP contribution in [0.4, 0.5) is 5.69 Å². The van der Waals surface area contributed by atoms with Gasteiger partial charge in [-0.15, -0.1) is 0 Å². The van der Waals surface area contributed by atoms with E-state index in [1.165, 1.54) is 4.46 Å². The average Bonchev–Trinajstić information content (AvgIpc) is 2.40. The Labute approximate surface area is 107 Å². The summed E-state index contributed by atoms with van der Waals surface area (Å²) in [6, 6.07) is 17.2. The van der Waals surface area contributed by atoms with Crippen LogP contribution in [0.5, 0.6) is 0 Å². The summed E-state index contributed by atoms with van der Waals surface area (Å²) in [5.74, 6) is 2.09. The van der Waals surface area contributed by atoms with E-state index in [1.807, 2.05) is 48.5 Å². The number of carbonyl (C=O) groups is 1. The maximum absolute atomic E-state index is 12.0. The summed E-state index contributed by atoms with van der Waals surface area (Å²) in [6.45, 7) is 0. The number of amides is 1. The quantitative estimate of drug-likeness (QED) is 0.864. The van der Waals surface area contributed by atoms with Crippen LogP contribution in [0, 0.1) is 0 Å². The molecule has 2 aromatic rings. The van der Waals surface area contributed by atoms with Crippen LogP contribution < -0.4 is 9.78 Å². The summed E-state index contributed by atoms with van der Waals surface area (Å²) in [7, 11) is 0. The predicted octanol–water partition coefficient (Wildman–Crippen LogP) is 2.32. The molecular weight excluding hydrogens is 277 g/mol. The summed E-state index contributed by atoms with van der Waals surface area (Å²) in [5.41, 5.74) is 1.61. The van der Waals surface area contributed by atoms with Crippen molar-refractivity contribution in [1.29, 1.82) is 0 Å². The second-order valence-corrected chi connectivity index (χ2v) is 5.30. The van der Waals surface area contributed by atoms with Crippen molar-refractivity contribution in [3.63, 3.8) is 0 Å². The molecule has 0 heterocycles. The molecule has 2 nitrogen and oxygen atoms in total. The Balaban J connectivity index is 2.19. The predicted molar refractivity (Wildman–Crippen MR) is 72.1 cm³/mol. The molecule has 2 aromatic carbocycles. The Morgan fingerprint density at radius 3 is 2.35 bits per heavy atom. The van der Waals surface area contributed by atoms with Crippen molar-refractivity contribution >= 4 is 31.0 Å². The maximum atomic E-state index is 12.0. The molecular formula is C14H13NOSe. The monoisotopic (exact) mass is 291 g/mol. The van der Waals surface area contributed by atoms with Crippen molar-refractivity contribution < 1.29 is 4.79 Å². The second-order valence-electron chi connectivity index (χ2n) is 3.52. The van der Waals surface area contributed by atoms with Gasteiger partial charge in [-0.05, 0) is 0 Å². The first kappa shape index (κ1) is 11.9. The second kappa shape index (κ2) is 5.67. The van der Waals surface area contributed by atoms with Crippen molar-refractivity contribution in [3.05, 3.63) is 60.2 Å². The summed E-state index contributed by atoms with van der Waals surface area (Å²) >= 11 is 0.376. The molecule has 0 atom stereocenters. The molecule has 0 aromatic heterocycles. The molecule has 0 aliphatic carbocycles. The molecule has 0 saturated heterocycles. The van der Waals surface area contributed by atoms with Crippen molar-refractivity contribution in [2.75, 3.05) is 5.32 Å². The van der Waals surface area contributed by atoms with Crippen molar-refractivity contribution in [2.45, 2.75) is 5.82 Å². The van der Waals surface area contributed by atoms with E-state index in [4.69, 9.17) is 0 Å². The Morgan fingerprint density at radius 2 is 1.65 bits per heavy atom. The van der Waals surface area contributed by atoms with Crippen LogP contribution in [-0.2, 0) is 0 Å². The van der Waals surface area contributed by atoms with Crippen LogP contribution in [0.3, 0.4) is 0 Å². The molecule has 86 valence electrons. The van der Waals surface area contributed by atoms with Crippen molar-refractivity contribution in [2.24, 2.45) is 0 Å². The molecule has 0 aliphatic heterocycles. The van der Waals surface area contributed by atoms with Gasteiger partial charge < -0.3 is 0 Å². The van der Waals surface area contributed by atoms with Crippen LogP contribution in [0.25, 0.3) is 0 Å². The number of nitrogens with one attached hydrogen (secondary N) is 1. The van der Waals surface area contributed by atoms with Gasteiger partial charge in [0.1, 0.15) is 0 Å². The van der Waals surface area contributed by atoms with Crippen molar-refractivity contribution in [3.8, 4) is 0 Å². The van der Waals surface area contributed by atoms with E-state index in [0.29, 0.717) is 20.5 Å². The van der Waals surface area contributed by atoms with Gasteiger partial charge in [0.2, 0.25) is 0 Å². The molecule has 1 amide bonds. The zero-order valence-corrected chi connectivity index (χ0v) is 11.2. The molecule has 0 radical (unpaired) electrons. The van der Waals surface area contributed by atoms with Gasteiger partial charge in [0, 0.05) is 0 Å². The zero-order chi connectivity index (χ0) is 12.1. The summed E-state index contributed by atoms with van der Waals surface area (Å²) in [4.78, 5) is 12.0. The molecule has 1 N–H and O–H groups in total. The number of anilines is 1. The fourth-order valence-corrected chi connectivity index (χ4v) is 2.69. The normalized spacial score (nSPS) is 9.94. The SMILES string of the molecule is C[Se]c1ccccc1NC(=O)c1ccccc1. The summed E-state index contributed by atoms with van der Waals surface area (Å²) < 4.78 is 1.21. The third-order valence-electron chi connectivity index (χ3n) is 2.39. The number of hydrogen-bond donors (Lipinski definition) is 1. The minimum atomic E-state index is -0.0534. The van der Waals surface area contributed by atoms with E-state index < -0.39 is 0 Å². The van der Waals surface area contributed by atoms with Crippen LogP contribution in [0.15, 0.2) is 54.6 Å². The molecule has 17 heavy (non-hydrogen) atoms. The summed E-state index contributed by atoms with van der Waals surface area (Å²) in [5, 5.41) is 2.95. The van der Waals surface area contributed by atoms with Gasteiger partial charge in [0.05, 0.1) is 0 Å². The number of para-hydroxylation sites is 1. The third kappa shape index (κ3) is 2.96. The van der Waals surface area contributed by atoms with Crippen molar-refractivity contribution in [1.82, 2.24) is 0 Å². The van der Waals surface area contributed by atoms with E-state index >= 15 is 0 Å². The topological polar surface area (TPSA) is 29.1 Å². The van der Waals surface area contributed by atoms with Gasteiger partial charge in [0.15, 0.2) is 0 Å². The zero-order valence-electron chi connectivity index (χ0n) is 9.51. The molecule has 2 rings (SSSR count). The van der Waals surface area contributed by atoms with Gasteiger partial charge >= 0.3 is 107 Å². The number of hydrogen-bond acceptors (Lipinski definition) is 1. The Morgan fingerprint density at radius 1 is 1.00 bits per heavy atom. The van der Waals surface area contributed by atoms with E-state index in [0.717, 1.165) is 5.69 Å². The van der Waals surface area contributed by atoms with Crippen LogP contribution >= 0.6 is 0 Å². The Kier molecular flexibility index (Phi) is 3.97. The average molecular weight is 290 g/mol. The van der Waals surface area contributed by atoms with Gasteiger partial charge in [-0.25, -0.2) is 0 Å². The van der Waals surface area contributed by atoms with Crippen LogP contribution in [0.2, 0.25) is 5.82 Å². The fraction of sp³-hybridized carbons (Fsp3) is 0.0714. The van der Waals surface area contributed by atoms with Gasteiger partial charge in [-0.3, -0.25) is 0 Å². The number of rotatable bonds is 3. The molecule has 0 aliphatic rings. The molecule has 0 saturated carbocycles. The van der Waals surface area contributed by atoms with Gasteiger partial charge in [-0.1, -0.05) is 0 Å². The van der Waals surface area contributed by atoms with E-state index in [-0.39, 0.29) is 5.91 Å². The van der Waals surface area contributed by atoms with Crippen LogP contribution in [0.1, 0.15) is 10.4 Å². The van der Waals surface area contributed by atoms with Gasteiger partial charge in [0.25, 0.3) is 0 Å². The number of benzene rings is 2. The van der Waals surface area contributed by atoms with Gasteiger partial charge in [-0.2, -0.15) is 0 Å². The standard InChI is InChI=1S/C14H13NOSe/c1-17-13-10-6-5-9-12(13)15-14(16)11-7-3-2-4-8-11/h2-10H,1H3,(H,15,16).